The van der Waals surface area contributed by atoms with Gasteiger partial charge in [-0.05, 0) is 126 Å². The number of halogens is 1. The summed E-state index contributed by atoms with van der Waals surface area (Å²) in [4.78, 5) is 12.7. The fraction of sp³-hybridized carbons (Fsp3) is 0.435. The van der Waals surface area contributed by atoms with Gasteiger partial charge >= 0.3 is 5.97 Å². The van der Waals surface area contributed by atoms with E-state index < -0.39 is 16.1 Å². The molecule has 4 bridgehead atoms. The number of hydrogen-bond acceptors (Lipinski definition) is 4. The molecule has 0 heterocycles. The molecule has 4 aliphatic carbocycles. The van der Waals surface area contributed by atoms with Gasteiger partial charge in [0.2, 0.25) is 0 Å². The SMILES string of the molecule is O=C(Oc1cccc(I)c1)c1ccc(S(=O)(=O)O)c(C2C3CC4CC(C3)CC2C4)c1. The number of esters is 1. The van der Waals surface area contributed by atoms with Gasteiger partial charge in [0, 0.05) is 3.57 Å². The highest BCUT2D eigenvalue weighted by Crippen LogP contribution is 2.60. The first-order valence-corrected chi connectivity index (χ1v) is 12.9. The molecule has 0 aromatic heterocycles. The van der Waals surface area contributed by atoms with Crippen LogP contribution in [0.3, 0.4) is 0 Å². The van der Waals surface area contributed by atoms with Gasteiger partial charge in [-0.3, -0.25) is 4.55 Å². The Morgan fingerprint density at radius 2 is 1.63 bits per heavy atom. The number of benzene rings is 2. The molecule has 4 saturated carbocycles. The van der Waals surface area contributed by atoms with Crippen molar-refractivity contribution < 1.29 is 22.5 Å². The predicted octanol–water partition coefficient (Wildman–Crippen LogP) is 5.30. The van der Waals surface area contributed by atoms with Crippen molar-refractivity contribution in [1.29, 1.82) is 0 Å². The lowest BCUT2D eigenvalue weighted by Gasteiger charge is -2.54. The Labute approximate surface area is 190 Å². The fourth-order valence-corrected chi connectivity index (χ4v) is 7.55. The Morgan fingerprint density at radius 3 is 2.23 bits per heavy atom. The van der Waals surface area contributed by atoms with Crippen LogP contribution in [0.1, 0.15) is 53.9 Å². The Hall–Kier alpha value is -1.45. The van der Waals surface area contributed by atoms with Crippen molar-refractivity contribution in [2.24, 2.45) is 23.7 Å². The summed E-state index contributed by atoms with van der Waals surface area (Å²) in [5, 5.41) is 0. The van der Waals surface area contributed by atoms with Crippen molar-refractivity contribution in [3.63, 3.8) is 0 Å². The smallest absolute Gasteiger partial charge is 0.343 e. The number of rotatable bonds is 4. The maximum atomic E-state index is 12.8. The van der Waals surface area contributed by atoms with Crippen molar-refractivity contribution in [2.45, 2.75) is 42.9 Å². The van der Waals surface area contributed by atoms with Gasteiger partial charge in [0.1, 0.15) is 5.75 Å². The van der Waals surface area contributed by atoms with Crippen molar-refractivity contribution in [3.05, 3.63) is 57.2 Å². The van der Waals surface area contributed by atoms with E-state index in [0.717, 1.165) is 41.1 Å². The lowest BCUT2D eigenvalue weighted by atomic mass is 9.50. The molecular weight excluding hydrogens is 515 g/mol. The molecule has 0 saturated heterocycles. The number of carbonyl (C=O) groups is 1. The van der Waals surface area contributed by atoms with Crippen LogP contribution in [0.15, 0.2) is 47.4 Å². The van der Waals surface area contributed by atoms with E-state index in [2.05, 4.69) is 22.6 Å². The molecule has 4 aliphatic rings. The van der Waals surface area contributed by atoms with Crippen molar-refractivity contribution in [2.75, 3.05) is 0 Å². The summed E-state index contributed by atoms with van der Waals surface area (Å²) >= 11 is 2.15. The van der Waals surface area contributed by atoms with E-state index in [1.54, 1.807) is 18.2 Å². The lowest BCUT2D eigenvalue weighted by molar-refractivity contribution is -0.00372. The highest BCUT2D eigenvalue weighted by molar-refractivity contribution is 14.1. The monoisotopic (exact) mass is 538 g/mol. The van der Waals surface area contributed by atoms with Crippen LogP contribution in [0.2, 0.25) is 0 Å². The van der Waals surface area contributed by atoms with E-state index in [1.165, 1.54) is 18.6 Å². The number of hydrogen-bond donors (Lipinski definition) is 1. The predicted molar refractivity (Wildman–Crippen MR) is 120 cm³/mol. The Balaban J connectivity index is 1.52. The van der Waals surface area contributed by atoms with Crippen LogP contribution in [0.4, 0.5) is 0 Å². The summed E-state index contributed by atoms with van der Waals surface area (Å²) in [6, 6.07) is 11.6. The molecule has 1 N–H and O–H groups in total. The zero-order chi connectivity index (χ0) is 21.0. The summed E-state index contributed by atoms with van der Waals surface area (Å²) < 4.78 is 40.6. The normalized spacial score (nSPS) is 29.7. The van der Waals surface area contributed by atoms with E-state index in [1.807, 2.05) is 12.1 Å². The molecule has 0 radical (unpaired) electrons. The van der Waals surface area contributed by atoms with E-state index in [0.29, 0.717) is 28.7 Å². The van der Waals surface area contributed by atoms with Crippen LogP contribution in [-0.4, -0.2) is 18.9 Å². The van der Waals surface area contributed by atoms with Crippen LogP contribution in [0.5, 0.6) is 5.75 Å². The molecule has 0 aliphatic heterocycles. The molecule has 0 amide bonds. The molecule has 2 aromatic carbocycles. The molecule has 0 unspecified atom stereocenters. The average Bonchev–Trinajstić information content (AvgIpc) is 2.66. The maximum Gasteiger partial charge on any atom is 0.343 e. The van der Waals surface area contributed by atoms with Crippen LogP contribution >= 0.6 is 22.6 Å². The first-order valence-electron chi connectivity index (χ1n) is 10.4. The van der Waals surface area contributed by atoms with E-state index in [4.69, 9.17) is 4.74 Å². The zero-order valence-electron chi connectivity index (χ0n) is 16.3. The van der Waals surface area contributed by atoms with Gasteiger partial charge in [-0.25, -0.2) is 4.79 Å². The second kappa shape index (κ2) is 7.60. The van der Waals surface area contributed by atoms with Crippen molar-refractivity contribution >= 4 is 38.7 Å². The van der Waals surface area contributed by atoms with E-state index in [-0.39, 0.29) is 10.8 Å². The molecule has 0 spiro atoms. The van der Waals surface area contributed by atoms with Gasteiger partial charge in [0.25, 0.3) is 10.1 Å². The first-order chi connectivity index (χ1) is 14.3. The summed E-state index contributed by atoms with van der Waals surface area (Å²) in [6.45, 7) is 0. The minimum absolute atomic E-state index is 0.0641. The van der Waals surface area contributed by atoms with Crippen molar-refractivity contribution in [1.82, 2.24) is 0 Å². The minimum Gasteiger partial charge on any atom is -0.423 e. The Morgan fingerprint density at radius 1 is 0.967 bits per heavy atom. The molecule has 5 nitrogen and oxygen atoms in total. The Kier molecular flexibility index (Phi) is 5.18. The molecule has 4 fully saturated rings. The molecule has 30 heavy (non-hydrogen) atoms. The van der Waals surface area contributed by atoms with E-state index >= 15 is 0 Å². The van der Waals surface area contributed by atoms with Crippen LogP contribution < -0.4 is 4.74 Å². The maximum absolute atomic E-state index is 12.8. The quantitative estimate of drug-likeness (QED) is 0.248. The Bertz CT molecular complexity index is 1080. The van der Waals surface area contributed by atoms with E-state index in [9.17, 15) is 17.8 Å². The van der Waals surface area contributed by atoms with Gasteiger partial charge in [0.05, 0.1) is 10.5 Å². The third kappa shape index (κ3) is 3.80. The summed E-state index contributed by atoms with van der Waals surface area (Å²) in [5.41, 5.74) is 0.897. The first kappa shape index (κ1) is 20.5. The summed E-state index contributed by atoms with van der Waals surface area (Å²) in [6.07, 6.45) is 5.74. The molecular formula is C23H23IO5S. The largest absolute Gasteiger partial charge is 0.423 e. The standard InChI is InChI=1S/C23H23IO5S/c24-18-2-1-3-19(12-18)29-23(25)15-4-5-21(30(26,27)28)20(11-15)22-16-7-13-6-14(9-16)10-17(22)8-13/h1-5,11-14,16-17,22H,6-10H2,(H,26,27,28). The van der Waals surface area contributed by atoms with Crippen LogP contribution in [0, 0.1) is 27.2 Å². The van der Waals surface area contributed by atoms with Gasteiger partial charge in [-0.15, -0.1) is 0 Å². The average molecular weight is 538 g/mol. The minimum atomic E-state index is -4.38. The molecule has 6 rings (SSSR count). The third-order valence-electron chi connectivity index (χ3n) is 7.12. The van der Waals surface area contributed by atoms with Gasteiger partial charge in [0.15, 0.2) is 0 Å². The van der Waals surface area contributed by atoms with Gasteiger partial charge < -0.3 is 4.74 Å². The number of carbonyl (C=O) groups excluding carboxylic acids is 1. The highest BCUT2D eigenvalue weighted by Gasteiger charge is 2.49. The molecule has 2 aromatic rings. The zero-order valence-corrected chi connectivity index (χ0v) is 19.3. The topological polar surface area (TPSA) is 80.7 Å². The van der Waals surface area contributed by atoms with Crippen molar-refractivity contribution in [3.8, 4) is 5.75 Å². The van der Waals surface area contributed by atoms with Crippen LogP contribution in [0.25, 0.3) is 0 Å². The highest BCUT2D eigenvalue weighted by atomic mass is 127. The second-order valence-corrected chi connectivity index (χ2v) is 11.7. The van der Waals surface area contributed by atoms with Gasteiger partial charge in [-0.2, -0.15) is 8.42 Å². The third-order valence-corrected chi connectivity index (χ3v) is 8.71. The summed E-state index contributed by atoms with van der Waals surface area (Å²) in [7, 11) is -4.38. The van der Waals surface area contributed by atoms with Crippen LogP contribution in [-0.2, 0) is 10.1 Å². The lowest BCUT2D eigenvalue weighted by Crippen LogP contribution is -2.44. The molecule has 158 valence electrons. The number of ether oxygens (including phenoxy) is 1. The van der Waals surface area contributed by atoms with Gasteiger partial charge in [-0.1, -0.05) is 6.07 Å². The fourth-order valence-electron chi connectivity index (χ4n) is 6.30. The summed E-state index contributed by atoms with van der Waals surface area (Å²) in [5.74, 6) is 2.32. The molecule has 7 heteroatoms. The molecule has 0 atom stereocenters. The second-order valence-electron chi connectivity index (χ2n) is 9.03.